The molecule has 0 heterocycles. The summed E-state index contributed by atoms with van der Waals surface area (Å²) in [4.78, 5) is 0.163. The quantitative estimate of drug-likeness (QED) is 0.616. The predicted octanol–water partition coefficient (Wildman–Crippen LogP) is 1.94. The van der Waals surface area contributed by atoms with E-state index in [1.54, 1.807) is 19.9 Å². The fraction of sp³-hybridized carbons (Fsp3) is 0.462. The van der Waals surface area contributed by atoms with Gasteiger partial charge in [0.15, 0.2) is 9.84 Å². The van der Waals surface area contributed by atoms with E-state index in [4.69, 9.17) is 15.9 Å². The number of ether oxygens (including phenoxy) is 1. The summed E-state index contributed by atoms with van der Waals surface area (Å²) in [6, 6.07) is 4.46. The molecule has 0 aliphatic carbocycles. The van der Waals surface area contributed by atoms with E-state index in [0.717, 1.165) is 6.42 Å². The van der Waals surface area contributed by atoms with Gasteiger partial charge in [0.1, 0.15) is 11.6 Å². The van der Waals surface area contributed by atoms with Gasteiger partial charge in [0.2, 0.25) is 0 Å². The highest BCUT2D eigenvalue weighted by molar-refractivity contribution is 7.92. The van der Waals surface area contributed by atoms with Crippen molar-refractivity contribution in [3.8, 4) is 5.75 Å². The molecule has 0 radical (unpaired) electrons. The second-order valence-electron chi connectivity index (χ2n) is 4.51. The Balaban J connectivity index is 3.28. The molecular weight excluding hydrogens is 264 g/mol. The van der Waals surface area contributed by atoms with Crippen molar-refractivity contribution in [1.82, 2.24) is 0 Å². The monoisotopic (exact) mass is 284 g/mol. The summed E-state index contributed by atoms with van der Waals surface area (Å²) >= 11 is 0. The predicted molar refractivity (Wildman–Crippen MR) is 75.6 cm³/mol. The number of rotatable bonds is 6. The minimum absolute atomic E-state index is 0.163. The van der Waals surface area contributed by atoms with Crippen LogP contribution in [0.5, 0.6) is 5.75 Å². The van der Waals surface area contributed by atoms with Gasteiger partial charge in [-0.15, -0.1) is 0 Å². The first-order valence-corrected chi connectivity index (χ1v) is 7.70. The number of hydrogen-bond donors (Lipinski definition) is 2. The first-order valence-electron chi connectivity index (χ1n) is 6.15. The number of sulfone groups is 1. The standard InChI is InChI=1S/C13H20N2O3S/c1-4-7-18-12-6-5-10(8-11(12)13(14)15)19(16,17)9(2)3/h5-6,8-9H,4,7H2,1-3H3,(H3,14,15). The van der Waals surface area contributed by atoms with Gasteiger partial charge in [0, 0.05) is 0 Å². The van der Waals surface area contributed by atoms with Crippen LogP contribution in [0.2, 0.25) is 0 Å². The van der Waals surface area contributed by atoms with Crippen LogP contribution in [0.1, 0.15) is 32.8 Å². The molecule has 0 bridgehead atoms. The zero-order valence-electron chi connectivity index (χ0n) is 11.4. The highest BCUT2D eigenvalue weighted by Gasteiger charge is 2.21. The van der Waals surface area contributed by atoms with Crippen LogP contribution in [0.25, 0.3) is 0 Å². The summed E-state index contributed by atoms with van der Waals surface area (Å²) in [5.41, 5.74) is 5.80. The fourth-order valence-corrected chi connectivity index (χ4v) is 2.59. The molecule has 19 heavy (non-hydrogen) atoms. The Morgan fingerprint density at radius 1 is 1.42 bits per heavy atom. The Morgan fingerprint density at radius 2 is 2.05 bits per heavy atom. The molecular formula is C13H20N2O3S. The topological polar surface area (TPSA) is 93.2 Å². The molecule has 0 spiro atoms. The zero-order valence-corrected chi connectivity index (χ0v) is 12.3. The van der Waals surface area contributed by atoms with Gasteiger partial charge in [0.25, 0.3) is 0 Å². The largest absolute Gasteiger partial charge is 0.493 e. The highest BCUT2D eigenvalue weighted by atomic mass is 32.2. The number of amidine groups is 1. The van der Waals surface area contributed by atoms with E-state index < -0.39 is 15.1 Å². The summed E-state index contributed by atoms with van der Waals surface area (Å²) in [6.45, 7) is 5.69. The Morgan fingerprint density at radius 3 is 2.53 bits per heavy atom. The summed E-state index contributed by atoms with van der Waals surface area (Å²) in [5, 5.41) is 7.00. The Kier molecular flexibility index (Phi) is 4.94. The van der Waals surface area contributed by atoms with Gasteiger partial charge < -0.3 is 10.5 Å². The van der Waals surface area contributed by atoms with Crippen LogP contribution in [0.4, 0.5) is 0 Å². The van der Waals surface area contributed by atoms with Gasteiger partial charge in [-0.25, -0.2) is 8.42 Å². The number of benzene rings is 1. The van der Waals surface area contributed by atoms with Crippen LogP contribution in [0.3, 0.4) is 0 Å². The molecule has 106 valence electrons. The first-order chi connectivity index (χ1) is 8.80. The third kappa shape index (κ3) is 3.47. The van der Waals surface area contributed by atoms with E-state index >= 15 is 0 Å². The third-order valence-corrected chi connectivity index (χ3v) is 4.80. The van der Waals surface area contributed by atoms with E-state index in [-0.39, 0.29) is 10.7 Å². The minimum atomic E-state index is -3.38. The van der Waals surface area contributed by atoms with E-state index in [2.05, 4.69) is 0 Å². The molecule has 3 N–H and O–H groups in total. The smallest absolute Gasteiger partial charge is 0.180 e. The summed E-state index contributed by atoms with van der Waals surface area (Å²) in [6.07, 6.45) is 0.823. The summed E-state index contributed by atoms with van der Waals surface area (Å²) in [7, 11) is -3.38. The second kappa shape index (κ2) is 6.06. The highest BCUT2D eigenvalue weighted by Crippen LogP contribution is 2.24. The lowest BCUT2D eigenvalue weighted by Gasteiger charge is -2.13. The molecule has 0 aliphatic rings. The zero-order chi connectivity index (χ0) is 14.6. The van der Waals surface area contributed by atoms with Crippen LogP contribution in [0.15, 0.2) is 23.1 Å². The molecule has 0 fully saturated rings. The van der Waals surface area contributed by atoms with Gasteiger partial charge in [-0.05, 0) is 38.5 Å². The van der Waals surface area contributed by atoms with E-state index in [0.29, 0.717) is 17.9 Å². The van der Waals surface area contributed by atoms with Crippen LogP contribution < -0.4 is 10.5 Å². The molecule has 0 aromatic heterocycles. The Hall–Kier alpha value is -1.56. The second-order valence-corrected chi connectivity index (χ2v) is 7.02. The van der Waals surface area contributed by atoms with Crippen LogP contribution >= 0.6 is 0 Å². The van der Waals surface area contributed by atoms with Gasteiger partial charge in [-0.2, -0.15) is 0 Å². The van der Waals surface area contributed by atoms with Crippen molar-refractivity contribution in [3.05, 3.63) is 23.8 Å². The molecule has 6 heteroatoms. The number of nitrogens with one attached hydrogen (secondary N) is 1. The molecule has 0 aliphatic heterocycles. The van der Waals surface area contributed by atoms with Crippen molar-refractivity contribution in [2.75, 3.05) is 6.61 Å². The molecule has 5 nitrogen and oxygen atoms in total. The number of nitrogens with two attached hydrogens (primary N) is 1. The lowest BCUT2D eigenvalue weighted by molar-refractivity contribution is 0.316. The van der Waals surface area contributed by atoms with Crippen molar-refractivity contribution in [1.29, 1.82) is 5.41 Å². The van der Waals surface area contributed by atoms with E-state index in [1.807, 2.05) is 6.92 Å². The van der Waals surface area contributed by atoms with Gasteiger partial charge >= 0.3 is 0 Å². The molecule has 0 saturated carbocycles. The molecule has 0 unspecified atom stereocenters. The van der Waals surface area contributed by atoms with Crippen LogP contribution in [0, 0.1) is 5.41 Å². The molecule has 1 rings (SSSR count). The molecule has 0 atom stereocenters. The van der Waals surface area contributed by atoms with E-state index in [1.165, 1.54) is 12.1 Å². The maximum Gasteiger partial charge on any atom is 0.180 e. The molecule has 0 saturated heterocycles. The molecule has 1 aromatic rings. The lowest BCUT2D eigenvalue weighted by Crippen LogP contribution is -2.17. The number of nitrogen functional groups attached to an aromatic ring is 1. The van der Waals surface area contributed by atoms with Crippen molar-refractivity contribution >= 4 is 15.7 Å². The average molecular weight is 284 g/mol. The van der Waals surface area contributed by atoms with Gasteiger partial charge in [-0.3, -0.25) is 5.41 Å². The number of hydrogen-bond acceptors (Lipinski definition) is 4. The van der Waals surface area contributed by atoms with Crippen molar-refractivity contribution in [2.45, 2.75) is 37.3 Å². The molecule has 1 aromatic carbocycles. The van der Waals surface area contributed by atoms with Crippen molar-refractivity contribution < 1.29 is 13.2 Å². The minimum Gasteiger partial charge on any atom is -0.493 e. The maximum absolute atomic E-state index is 12.1. The van der Waals surface area contributed by atoms with Gasteiger partial charge in [0.05, 0.1) is 22.3 Å². The summed E-state index contributed by atoms with van der Waals surface area (Å²) in [5.74, 6) is 0.240. The van der Waals surface area contributed by atoms with Crippen LogP contribution in [-0.2, 0) is 9.84 Å². The Bertz CT molecular complexity index is 565. The SMILES string of the molecule is CCCOc1ccc(S(=O)(=O)C(C)C)cc1C(=N)N. The molecule has 0 amide bonds. The lowest BCUT2D eigenvalue weighted by atomic mass is 10.2. The average Bonchev–Trinajstić information content (AvgIpc) is 2.35. The van der Waals surface area contributed by atoms with Crippen molar-refractivity contribution in [2.24, 2.45) is 5.73 Å². The Labute approximate surface area is 114 Å². The fourth-order valence-electron chi connectivity index (χ4n) is 1.51. The van der Waals surface area contributed by atoms with Crippen LogP contribution in [-0.4, -0.2) is 26.1 Å². The normalized spacial score (nSPS) is 11.6. The third-order valence-electron chi connectivity index (χ3n) is 2.65. The van der Waals surface area contributed by atoms with Gasteiger partial charge in [-0.1, -0.05) is 6.92 Å². The maximum atomic E-state index is 12.1. The van der Waals surface area contributed by atoms with E-state index in [9.17, 15) is 8.42 Å². The summed E-state index contributed by atoms with van der Waals surface area (Å²) < 4.78 is 29.6. The van der Waals surface area contributed by atoms with Crippen molar-refractivity contribution in [3.63, 3.8) is 0 Å². The first kappa shape index (κ1) is 15.5.